The van der Waals surface area contributed by atoms with Crippen molar-refractivity contribution in [3.63, 3.8) is 0 Å². The van der Waals surface area contributed by atoms with E-state index in [2.05, 4.69) is 36.3 Å². The molecule has 2 N–H and O–H groups in total. The summed E-state index contributed by atoms with van der Waals surface area (Å²) in [6.45, 7) is 8.62. The number of nitrogens with two attached hydrogens (primary N) is 1. The van der Waals surface area contributed by atoms with Crippen molar-refractivity contribution in [3.8, 4) is 0 Å². The topological polar surface area (TPSA) is 58.8 Å². The summed E-state index contributed by atoms with van der Waals surface area (Å²) < 4.78 is 4.74. The van der Waals surface area contributed by atoms with Gasteiger partial charge in [-0.3, -0.25) is 9.80 Å². The molecule has 0 aromatic heterocycles. The van der Waals surface area contributed by atoms with E-state index in [1.165, 1.54) is 0 Å². The fourth-order valence-corrected chi connectivity index (χ4v) is 2.12. The van der Waals surface area contributed by atoms with Crippen molar-refractivity contribution in [2.24, 2.45) is 5.73 Å². The molecule has 1 amide bonds. The Bertz CT molecular complexity index is 230. The van der Waals surface area contributed by atoms with Crippen molar-refractivity contribution in [3.05, 3.63) is 0 Å². The van der Waals surface area contributed by atoms with Crippen LogP contribution in [0.3, 0.4) is 0 Å². The quantitative estimate of drug-likeness (QED) is 0.704. The Morgan fingerprint density at radius 1 is 1.31 bits per heavy atom. The summed E-state index contributed by atoms with van der Waals surface area (Å²) in [5.74, 6) is 0. The van der Waals surface area contributed by atoms with E-state index in [4.69, 9.17) is 10.5 Å². The van der Waals surface area contributed by atoms with Gasteiger partial charge in [0.15, 0.2) is 0 Å². The predicted molar refractivity (Wildman–Crippen MR) is 66.6 cm³/mol. The molecule has 0 aliphatic carbocycles. The van der Waals surface area contributed by atoms with Gasteiger partial charge in [0.05, 0.1) is 5.37 Å². The van der Waals surface area contributed by atoms with E-state index >= 15 is 0 Å². The van der Waals surface area contributed by atoms with Gasteiger partial charge in [-0.15, -0.1) is 0 Å². The lowest BCUT2D eigenvalue weighted by molar-refractivity contribution is 0.0757. The molecule has 0 bridgehead atoms. The van der Waals surface area contributed by atoms with Crippen LogP contribution in [0.25, 0.3) is 0 Å². The molecule has 1 saturated heterocycles. The minimum Gasteiger partial charge on any atom is -0.447 e. The third-order valence-corrected chi connectivity index (χ3v) is 3.35. The molecule has 1 rings (SSSR count). The van der Waals surface area contributed by atoms with Crippen LogP contribution in [0.4, 0.5) is 4.79 Å². The van der Waals surface area contributed by atoms with Crippen molar-refractivity contribution in [1.29, 1.82) is 0 Å². The lowest BCUT2D eigenvalue weighted by Gasteiger charge is -2.39. The van der Waals surface area contributed by atoms with Gasteiger partial charge in [0.2, 0.25) is 0 Å². The highest BCUT2D eigenvalue weighted by Gasteiger charge is 2.23. The molecule has 0 aromatic carbocycles. The van der Waals surface area contributed by atoms with Crippen molar-refractivity contribution >= 4 is 18.7 Å². The Morgan fingerprint density at radius 3 is 2.25 bits per heavy atom. The van der Waals surface area contributed by atoms with E-state index in [1.807, 2.05) is 0 Å². The average Bonchev–Trinajstić information content (AvgIpc) is 2.26. The maximum Gasteiger partial charge on any atom is 0.404 e. The molecular weight excluding hydrogens is 226 g/mol. The summed E-state index contributed by atoms with van der Waals surface area (Å²) in [5, 5.41) is -0.0539. The van der Waals surface area contributed by atoms with Gasteiger partial charge in [0.25, 0.3) is 0 Å². The van der Waals surface area contributed by atoms with E-state index in [1.54, 1.807) is 0 Å². The lowest BCUT2D eigenvalue weighted by atomic mass is 10.2. The predicted octanol–water partition coefficient (Wildman–Crippen LogP) is 0.364. The van der Waals surface area contributed by atoms with Crippen molar-refractivity contribution in [2.45, 2.75) is 25.3 Å². The first-order valence-corrected chi connectivity index (χ1v) is 6.10. The van der Waals surface area contributed by atoms with Crippen LogP contribution >= 0.6 is 12.6 Å². The van der Waals surface area contributed by atoms with Crippen LogP contribution in [-0.2, 0) is 4.74 Å². The zero-order valence-electron chi connectivity index (χ0n) is 9.93. The number of nitrogens with zero attached hydrogens (tertiary/aromatic N) is 2. The van der Waals surface area contributed by atoms with Crippen LogP contribution in [0.1, 0.15) is 13.8 Å². The number of hydrogen-bond donors (Lipinski definition) is 2. The van der Waals surface area contributed by atoms with Crippen LogP contribution in [0.5, 0.6) is 0 Å². The molecule has 94 valence electrons. The van der Waals surface area contributed by atoms with Gasteiger partial charge in [-0.1, -0.05) is 0 Å². The molecular formula is C10H21N3O2S. The van der Waals surface area contributed by atoms with Crippen LogP contribution in [-0.4, -0.2) is 60.1 Å². The van der Waals surface area contributed by atoms with Crippen molar-refractivity contribution < 1.29 is 9.53 Å². The second-order valence-corrected chi connectivity index (χ2v) is 4.87. The number of amides is 1. The van der Waals surface area contributed by atoms with E-state index in [0.717, 1.165) is 26.2 Å². The van der Waals surface area contributed by atoms with E-state index in [0.29, 0.717) is 6.04 Å². The van der Waals surface area contributed by atoms with Gasteiger partial charge in [0, 0.05) is 32.2 Å². The van der Waals surface area contributed by atoms with Gasteiger partial charge >= 0.3 is 6.09 Å². The number of hydrogen-bond acceptors (Lipinski definition) is 5. The second-order valence-electron chi connectivity index (χ2n) is 4.28. The number of primary amides is 1. The van der Waals surface area contributed by atoms with Crippen molar-refractivity contribution in [2.75, 3.05) is 32.8 Å². The summed E-state index contributed by atoms with van der Waals surface area (Å²) in [6, 6.07) is 0.586. The van der Waals surface area contributed by atoms with E-state index < -0.39 is 6.09 Å². The average molecular weight is 247 g/mol. The zero-order chi connectivity index (χ0) is 12.1. The van der Waals surface area contributed by atoms with Crippen LogP contribution in [0.15, 0.2) is 0 Å². The van der Waals surface area contributed by atoms with Gasteiger partial charge in [-0.25, -0.2) is 4.79 Å². The minimum absolute atomic E-state index is 0.0539. The smallest absolute Gasteiger partial charge is 0.404 e. The third-order valence-electron chi connectivity index (χ3n) is 2.88. The number of piperazine rings is 1. The van der Waals surface area contributed by atoms with Crippen LogP contribution < -0.4 is 5.73 Å². The van der Waals surface area contributed by atoms with Crippen LogP contribution in [0.2, 0.25) is 0 Å². The standard InChI is InChI=1S/C10H21N3O2S/c1-8(2)12-3-5-13(6-4-12)9(16)7-15-10(11)14/h8-9,16H,3-7H2,1-2H3,(H2,11,14). The van der Waals surface area contributed by atoms with Gasteiger partial charge < -0.3 is 10.5 Å². The molecule has 0 saturated carbocycles. The normalized spacial score (nSPS) is 21.0. The largest absolute Gasteiger partial charge is 0.447 e. The molecule has 0 spiro atoms. The SMILES string of the molecule is CC(C)N1CCN(C(S)COC(N)=O)CC1. The first-order valence-electron chi connectivity index (χ1n) is 5.59. The fraction of sp³-hybridized carbons (Fsp3) is 0.900. The maximum atomic E-state index is 10.5. The highest BCUT2D eigenvalue weighted by atomic mass is 32.1. The van der Waals surface area contributed by atoms with Gasteiger partial charge in [0.1, 0.15) is 6.61 Å². The Hall–Kier alpha value is -0.460. The highest BCUT2D eigenvalue weighted by molar-refractivity contribution is 7.80. The molecule has 1 heterocycles. The Balaban J connectivity index is 2.27. The number of rotatable bonds is 4. The Morgan fingerprint density at radius 2 is 1.81 bits per heavy atom. The summed E-state index contributed by atoms with van der Waals surface area (Å²) >= 11 is 4.40. The lowest BCUT2D eigenvalue weighted by Crippen LogP contribution is -2.51. The molecule has 16 heavy (non-hydrogen) atoms. The van der Waals surface area contributed by atoms with Crippen molar-refractivity contribution in [1.82, 2.24) is 9.80 Å². The first kappa shape index (κ1) is 13.6. The number of thiol groups is 1. The summed E-state index contributed by atoms with van der Waals surface area (Å²) in [7, 11) is 0. The molecule has 1 aliphatic heterocycles. The third kappa shape index (κ3) is 4.19. The number of carbonyl (C=O) groups excluding carboxylic acids is 1. The molecule has 1 atom stereocenters. The molecule has 1 aliphatic rings. The molecule has 0 aromatic rings. The monoisotopic (exact) mass is 247 g/mol. The molecule has 1 unspecified atom stereocenters. The minimum atomic E-state index is -0.736. The van der Waals surface area contributed by atoms with E-state index in [9.17, 15) is 4.79 Å². The maximum absolute atomic E-state index is 10.5. The van der Waals surface area contributed by atoms with Gasteiger partial charge in [-0.2, -0.15) is 12.6 Å². The molecule has 0 radical (unpaired) electrons. The fourth-order valence-electron chi connectivity index (χ4n) is 1.81. The number of carbonyl (C=O) groups is 1. The Labute approximate surface area is 102 Å². The number of ether oxygens (including phenoxy) is 1. The first-order chi connectivity index (χ1) is 7.50. The van der Waals surface area contributed by atoms with Gasteiger partial charge in [-0.05, 0) is 13.8 Å². The zero-order valence-corrected chi connectivity index (χ0v) is 10.8. The summed E-state index contributed by atoms with van der Waals surface area (Å²) in [5.41, 5.74) is 4.91. The highest BCUT2D eigenvalue weighted by Crippen LogP contribution is 2.11. The van der Waals surface area contributed by atoms with E-state index in [-0.39, 0.29) is 12.0 Å². The summed E-state index contributed by atoms with van der Waals surface area (Å²) in [4.78, 5) is 15.1. The van der Waals surface area contributed by atoms with Crippen LogP contribution in [0, 0.1) is 0 Å². The Kier molecular flexibility index (Phi) is 5.37. The molecule has 1 fully saturated rings. The summed E-state index contributed by atoms with van der Waals surface area (Å²) in [6.07, 6.45) is -0.736. The molecule has 5 nitrogen and oxygen atoms in total. The molecule has 6 heteroatoms. The second kappa shape index (κ2) is 6.32.